The molecule has 5 nitrogen and oxygen atoms in total. The number of ether oxygens (including phenoxy) is 2. The molecule has 2 rings (SSSR count). The van der Waals surface area contributed by atoms with E-state index in [0.29, 0.717) is 25.4 Å². The minimum absolute atomic E-state index is 0.414. The molecule has 0 atom stereocenters. The molecule has 0 radical (unpaired) electrons. The van der Waals surface area contributed by atoms with Crippen molar-refractivity contribution in [3.8, 4) is 11.5 Å². The summed E-state index contributed by atoms with van der Waals surface area (Å²) >= 11 is 0. The molecule has 0 fully saturated rings. The molecule has 0 bridgehead atoms. The third-order valence-electron chi connectivity index (χ3n) is 2.37. The molecule has 18 heavy (non-hydrogen) atoms. The van der Waals surface area contributed by atoms with Crippen LogP contribution in [0.25, 0.3) is 0 Å². The fourth-order valence-corrected chi connectivity index (χ4v) is 1.59. The lowest BCUT2D eigenvalue weighted by Crippen LogP contribution is -2.00. The van der Waals surface area contributed by atoms with Crippen molar-refractivity contribution in [2.45, 2.75) is 13.5 Å². The Bertz CT molecular complexity index is 505. The van der Waals surface area contributed by atoms with Crippen LogP contribution in [0.5, 0.6) is 11.5 Å². The molecule has 1 aromatic heterocycles. The second kappa shape index (κ2) is 5.86. The molecule has 0 unspecified atom stereocenters. The standard InChI is InChI=1S/C13H14N2O3/c1-2-17-13-7-14-15(9-13)8-11-3-5-12(6-4-11)18-10-16/h3-7,9-10H,2,8H2,1H3. The highest BCUT2D eigenvalue weighted by molar-refractivity contribution is 5.45. The van der Waals surface area contributed by atoms with Crippen molar-refractivity contribution in [2.75, 3.05) is 6.61 Å². The average Bonchev–Trinajstić information content (AvgIpc) is 2.80. The van der Waals surface area contributed by atoms with Crippen LogP contribution < -0.4 is 9.47 Å². The zero-order valence-electron chi connectivity index (χ0n) is 10.1. The van der Waals surface area contributed by atoms with E-state index >= 15 is 0 Å². The summed E-state index contributed by atoms with van der Waals surface area (Å²) in [4.78, 5) is 10.2. The highest BCUT2D eigenvalue weighted by Gasteiger charge is 2.00. The summed E-state index contributed by atoms with van der Waals surface area (Å²) in [7, 11) is 0. The van der Waals surface area contributed by atoms with Crippen molar-refractivity contribution in [3.63, 3.8) is 0 Å². The van der Waals surface area contributed by atoms with Crippen LogP contribution in [-0.4, -0.2) is 22.9 Å². The zero-order valence-corrected chi connectivity index (χ0v) is 10.1. The van der Waals surface area contributed by atoms with Crippen molar-refractivity contribution in [2.24, 2.45) is 0 Å². The van der Waals surface area contributed by atoms with Crippen LogP contribution in [0.3, 0.4) is 0 Å². The molecule has 0 N–H and O–H groups in total. The third kappa shape index (κ3) is 3.10. The Kier molecular flexibility index (Phi) is 3.96. The highest BCUT2D eigenvalue weighted by atomic mass is 16.5. The Morgan fingerprint density at radius 1 is 1.28 bits per heavy atom. The molecule has 0 aliphatic carbocycles. The predicted octanol–water partition coefficient (Wildman–Crippen LogP) is 1.87. The fraction of sp³-hybridized carbons (Fsp3) is 0.231. The fourth-order valence-electron chi connectivity index (χ4n) is 1.59. The molecule has 0 saturated heterocycles. The van der Waals surface area contributed by atoms with Gasteiger partial charge >= 0.3 is 0 Å². The van der Waals surface area contributed by atoms with Gasteiger partial charge in [0.2, 0.25) is 0 Å². The molecular weight excluding hydrogens is 232 g/mol. The van der Waals surface area contributed by atoms with Gasteiger partial charge in [-0.3, -0.25) is 9.48 Å². The molecule has 5 heteroatoms. The monoisotopic (exact) mass is 246 g/mol. The van der Waals surface area contributed by atoms with Gasteiger partial charge in [0, 0.05) is 0 Å². The SMILES string of the molecule is CCOc1cnn(Cc2ccc(OC=O)cc2)c1. The summed E-state index contributed by atoms with van der Waals surface area (Å²) in [5, 5.41) is 4.19. The molecule has 1 heterocycles. The maximum atomic E-state index is 10.2. The zero-order chi connectivity index (χ0) is 12.8. The number of hydrogen-bond acceptors (Lipinski definition) is 4. The van der Waals surface area contributed by atoms with E-state index in [1.807, 2.05) is 25.3 Å². The van der Waals surface area contributed by atoms with Gasteiger partial charge in [0.15, 0.2) is 5.75 Å². The third-order valence-corrected chi connectivity index (χ3v) is 2.37. The van der Waals surface area contributed by atoms with E-state index in [1.165, 1.54) is 0 Å². The van der Waals surface area contributed by atoms with Gasteiger partial charge in [0.1, 0.15) is 5.75 Å². The summed E-state index contributed by atoms with van der Waals surface area (Å²) < 4.78 is 11.8. The Morgan fingerprint density at radius 2 is 2.06 bits per heavy atom. The Balaban J connectivity index is 2.01. The van der Waals surface area contributed by atoms with Gasteiger partial charge in [-0.2, -0.15) is 5.10 Å². The van der Waals surface area contributed by atoms with Crippen LogP contribution >= 0.6 is 0 Å². The van der Waals surface area contributed by atoms with Crippen molar-refractivity contribution >= 4 is 6.47 Å². The van der Waals surface area contributed by atoms with E-state index in [4.69, 9.17) is 9.47 Å². The molecule has 1 aromatic carbocycles. The second-order valence-corrected chi connectivity index (χ2v) is 3.66. The molecule has 0 aliphatic rings. The number of rotatable bonds is 6. The van der Waals surface area contributed by atoms with Gasteiger partial charge in [-0.15, -0.1) is 0 Å². The van der Waals surface area contributed by atoms with Crippen LogP contribution in [0.4, 0.5) is 0 Å². The average molecular weight is 246 g/mol. The van der Waals surface area contributed by atoms with Crippen molar-refractivity contribution < 1.29 is 14.3 Å². The van der Waals surface area contributed by atoms with Gasteiger partial charge in [-0.05, 0) is 24.6 Å². The first-order valence-electron chi connectivity index (χ1n) is 5.66. The van der Waals surface area contributed by atoms with Crippen molar-refractivity contribution in [3.05, 3.63) is 42.2 Å². The molecule has 2 aromatic rings. The largest absolute Gasteiger partial charge is 0.491 e. The Hall–Kier alpha value is -2.30. The van der Waals surface area contributed by atoms with Gasteiger partial charge in [0.25, 0.3) is 6.47 Å². The number of aromatic nitrogens is 2. The molecule has 0 spiro atoms. The first kappa shape index (κ1) is 12.2. The van der Waals surface area contributed by atoms with Gasteiger partial charge < -0.3 is 9.47 Å². The minimum Gasteiger partial charge on any atom is -0.491 e. The second-order valence-electron chi connectivity index (χ2n) is 3.66. The summed E-state index contributed by atoms with van der Waals surface area (Å²) in [6.07, 6.45) is 3.53. The number of benzene rings is 1. The first-order chi connectivity index (χ1) is 8.81. The van der Waals surface area contributed by atoms with E-state index < -0.39 is 0 Å². The molecule has 0 saturated carbocycles. The topological polar surface area (TPSA) is 53.4 Å². The first-order valence-corrected chi connectivity index (χ1v) is 5.66. The van der Waals surface area contributed by atoms with E-state index in [2.05, 4.69) is 5.10 Å². The maximum absolute atomic E-state index is 10.2. The predicted molar refractivity (Wildman–Crippen MR) is 65.6 cm³/mol. The van der Waals surface area contributed by atoms with E-state index in [1.54, 1.807) is 23.0 Å². The normalized spacial score (nSPS) is 10.1. The Morgan fingerprint density at radius 3 is 2.72 bits per heavy atom. The van der Waals surface area contributed by atoms with Gasteiger partial charge in [0.05, 0.1) is 25.5 Å². The minimum atomic E-state index is 0.414. The lowest BCUT2D eigenvalue weighted by atomic mass is 10.2. The van der Waals surface area contributed by atoms with E-state index in [-0.39, 0.29) is 0 Å². The highest BCUT2D eigenvalue weighted by Crippen LogP contribution is 2.14. The summed E-state index contributed by atoms with van der Waals surface area (Å²) in [6, 6.07) is 7.27. The smallest absolute Gasteiger partial charge is 0.298 e. The maximum Gasteiger partial charge on any atom is 0.298 e. The number of nitrogens with zero attached hydrogens (tertiary/aromatic N) is 2. The van der Waals surface area contributed by atoms with Gasteiger partial charge in [-0.1, -0.05) is 12.1 Å². The molecule has 0 aliphatic heterocycles. The van der Waals surface area contributed by atoms with E-state index in [9.17, 15) is 4.79 Å². The van der Waals surface area contributed by atoms with Crippen LogP contribution in [0.1, 0.15) is 12.5 Å². The Labute approximate surface area is 105 Å². The van der Waals surface area contributed by atoms with Gasteiger partial charge in [-0.25, -0.2) is 0 Å². The van der Waals surface area contributed by atoms with Crippen molar-refractivity contribution in [1.29, 1.82) is 0 Å². The van der Waals surface area contributed by atoms with Crippen LogP contribution in [-0.2, 0) is 11.3 Å². The number of carbonyl (C=O) groups excluding carboxylic acids is 1. The lowest BCUT2D eigenvalue weighted by molar-refractivity contribution is -0.120. The number of hydrogen-bond donors (Lipinski definition) is 0. The van der Waals surface area contributed by atoms with Crippen molar-refractivity contribution in [1.82, 2.24) is 9.78 Å². The molecule has 0 amide bonds. The van der Waals surface area contributed by atoms with Crippen LogP contribution in [0.2, 0.25) is 0 Å². The van der Waals surface area contributed by atoms with E-state index in [0.717, 1.165) is 11.3 Å². The number of carbonyl (C=O) groups is 1. The lowest BCUT2D eigenvalue weighted by Gasteiger charge is -2.03. The molecular formula is C13H14N2O3. The van der Waals surface area contributed by atoms with Crippen LogP contribution in [0.15, 0.2) is 36.7 Å². The van der Waals surface area contributed by atoms with Crippen LogP contribution in [0, 0.1) is 0 Å². The summed E-state index contributed by atoms with van der Waals surface area (Å²) in [5.41, 5.74) is 1.07. The molecule has 94 valence electrons. The summed E-state index contributed by atoms with van der Waals surface area (Å²) in [6.45, 7) is 3.62. The quantitative estimate of drug-likeness (QED) is 0.730. The summed E-state index contributed by atoms with van der Waals surface area (Å²) in [5.74, 6) is 1.29.